The van der Waals surface area contributed by atoms with Gasteiger partial charge < -0.3 is 14.7 Å². The van der Waals surface area contributed by atoms with E-state index in [1.807, 2.05) is 19.1 Å². The summed E-state index contributed by atoms with van der Waals surface area (Å²) in [5.41, 5.74) is 1.13. The molecule has 1 fully saturated rings. The van der Waals surface area contributed by atoms with Crippen LogP contribution in [0.25, 0.3) is 0 Å². The second-order valence-corrected chi connectivity index (χ2v) is 6.86. The van der Waals surface area contributed by atoms with Crippen LogP contribution in [-0.2, 0) is 9.59 Å². The molecule has 2 amide bonds. The Morgan fingerprint density at radius 3 is 2.59 bits per heavy atom. The molecule has 8 heteroatoms. The standard InChI is InChI=1S/C19H26ClN5O2/c1-4-24(18(27)9-11-25(14(2)26)15-7-8-15)17(19(20)21)13-23(3)16-6-5-10-22-12-16/h5-6,10,12-13,15,21H,4,7-9,11H2,1-3H3. The highest BCUT2D eigenvalue weighted by Crippen LogP contribution is 2.27. The largest absolute Gasteiger partial charge is 0.348 e. The van der Waals surface area contributed by atoms with E-state index in [0.29, 0.717) is 18.8 Å². The molecule has 1 aliphatic rings. The number of allylic oxidation sites excluding steroid dienone is 1. The first-order valence-corrected chi connectivity index (χ1v) is 9.39. The van der Waals surface area contributed by atoms with Gasteiger partial charge in [-0.15, -0.1) is 0 Å². The number of hydrogen-bond acceptors (Lipinski definition) is 5. The van der Waals surface area contributed by atoms with Crippen molar-refractivity contribution < 1.29 is 9.59 Å². The van der Waals surface area contributed by atoms with Crippen molar-refractivity contribution in [3.63, 3.8) is 0 Å². The topological polar surface area (TPSA) is 80.6 Å². The summed E-state index contributed by atoms with van der Waals surface area (Å²) in [6.45, 7) is 4.13. The first kappa shape index (κ1) is 20.9. The maximum atomic E-state index is 12.8. The molecule has 0 spiro atoms. The predicted octanol–water partition coefficient (Wildman–Crippen LogP) is 2.82. The maximum absolute atomic E-state index is 12.8. The molecule has 0 unspecified atom stereocenters. The van der Waals surface area contributed by atoms with Crippen LogP contribution in [0.5, 0.6) is 0 Å². The molecule has 1 aromatic heterocycles. The predicted molar refractivity (Wildman–Crippen MR) is 107 cm³/mol. The number of nitrogens with zero attached hydrogens (tertiary/aromatic N) is 4. The molecule has 7 nitrogen and oxygen atoms in total. The quantitative estimate of drug-likeness (QED) is 0.656. The highest BCUT2D eigenvalue weighted by Gasteiger charge is 2.31. The van der Waals surface area contributed by atoms with Gasteiger partial charge in [-0.05, 0) is 31.9 Å². The lowest BCUT2D eigenvalue weighted by molar-refractivity contribution is -0.132. The average Bonchev–Trinajstić information content (AvgIpc) is 3.46. The molecule has 1 heterocycles. The molecule has 0 aromatic carbocycles. The Hall–Kier alpha value is -2.41. The lowest BCUT2D eigenvalue weighted by atomic mass is 10.2. The molecule has 0 aliphatic heterocycles. The number of amides is 2. The van der Waals surface area contributed by atoms with E-state index in [9.17, 15) is 9.59 Å². The number of halogens is 1. The van der Waals surface area contributed by atoms with Gasteiger partial charge in [0, 0.05) is 51.9 Å². The second-order valence-electron chi connectivity index (χ2n) is 6.48. The van der Waals surface area contributed by atoms with Crippen LogP contribution in [0.1, 0.15) is 33.1 Å². The van der Waals surface area contributed by atoms with Crippen molar-refractivity contribution in [1.82, 2.24) is 14.8 Å². The minimum Gasteiger partial charge on any atom is -0.348 e. The SMILES string of the molecule is CCN(C(=O)CCN(C(C)=O)C1CC1)C(=CN(C)c1cccnc1)C(=N)Cl. The first-order valence-electron chi connectivity index (χ1n) is 9.01. The number of aromatic nitrogens is 1. The van der Waals surface area contributed by atoms with Crippen LogP contribution in [0.2, 0.25) is 0 Å². The third kappa shape index (κ3) is 5.79. The fraction of sp³-hybridized carbons (Fsp3) is 0.474. The fourth-order valence-electron chi connectivity index (χ4n) is 2.88. The van der Waals surface area contributed by atoms with Crippen molar-refractivity contribution >= 4 is 34.3 Å². The van der Waals surface area contributed by atoms with Gasteiger partial charge in [0.25, 0.3) is 0 Å². The molecule has 0 atom stereocenters. The van der Waals surface area contributed by atoms with E-state index in [-0.39, 0.29) is 29.4 Å². The van der Waals surface area contributed by atoms with E-state index in [2.05, 4.69) is 4.98 Å². The molecule has 146 valence electrons. The molecule has 0 bridgehead atoms. The number of nitrogens with one attached hydrogen (secondary N) is 1. The monoisotopic (exact) mass is 391 g/mol. The van der Waals surface area contributed by atoms with Crippen molar-refractivity contribution in [3.8, 4) is 0 Å². The van der Waals surface area contributed by atoms with Gasteiger partial charge in [-0.3, -0.25) is 20.0 Å². The maximum Gasteiger partial charge on any atom is 0.228 e. The number of pyridine rings is 1. The van der Waals surface area contributed by atoms with Gasteiger partial charge in [0.1, 0.15) is 5.17 Å². The Balaban J connectivity index is 2.12. The summed E-state index contributed by atoms with van der Waals surface area (Å²) in [5, 5.41) is 7.68. The van der Waals surface area contributed by atoms with Crippen molar-refractivity contribution in [2.45, 2.75) is 39.2 Å². The molecule has 2 rings (SSSR count). The lowest BCUT2D eigenvalue weighted by Gasteiger charge is -2.27. The average molecular weight is 392 g/mol. The Kier molecular flexibility index (Phi) is 7.36. The minimum atomic E-state index is -0.216. The zero-order valence-electron chi connectivity index (χ0n) is 16.0. The molecule has 1 N–H and O–H groups in total. The van der Waals surface area contributed by atoms with Gasteiger partial charge in [0.05, 0.1) is 17.6 Å². The summed E-state index contributed by atoms with van der Waals surface area (Å²) in [5.74, 6) is -0.175. The molecule has 1 aliphatic carbocycles. The van der Waals surface area contributed by atoms with Gasteiger partial charge in [-0.2, -0.15) is 0 Å². The van der Waals surface area contributed by atoms with Crippen LogP contribution >= 0.6 is 11.6 Å². The number of carbonyl (C=O) groups is 2. The second kappa shape index (κ2) is 9.50. The number of rotatable bonds is 9. The van der Waals surface area contributed by atoms with Crippen molar-refractivity contribution in [3.05, 3.63) is 36.4 Å². The van der Waals surface area contributed by atoms with Gasteiger partial charge >= 0.3 is 0 Å². The van der Waals surface area contributed by atoms with Crippen molar-refractivity contribution in [1.29, 1.82) is 5.41 Å². The van der Waals surface area contributed by atoms with E-state index >= 15 is 0 Å². The van der Waals surface area contributed by atoms with E-state index in [4.69, 9.17) is 17.0 Å². The van der Waals surface area contributed by atoms with E-state index in [1.54, 1.807) is 35.4 Å². The Labute approximate surface area is 165 Å². The highest BCUT2D eigenvalue weighted by atomic mass is 35.5. The summed E-state index contributed by atoms with van der Waals surface area (Å²) >= 11 is 5.98. The smallest absolute Gasteiger partial charge is 0.228 e. The zero-order valence-corrected chi connectivity index (χ0v) is 16.7. The third-order valence-electron chi connectivity index (χ3n) is 4.46. The molecule has 1 saturated carbocycles. The Morgan fingerprint density at radius 1 is 1.41 bits per heavy atom. The summed E-state index contributed by atoms with van der Waals surface area (Å²) in [4.78, 5) is 33.6. The van der Waals surface area contributed by atoms with Crippen LogP contribution in [0.15, 0.2) is 36.4 Å². The molecule has 0 radical (unpaired) electrons. The molecule has 0 saturated heterocycles. The summed E-state index contributed by atoms with van der Waals surface area (Å²) < 4.78 is 0. The minimum absolute atomic E-state index is 0.00879. The highest BCUT2D eigenvalue weighted by molar-refractivity contribution is 6.68. The van der Waals surface area contributed by atoms with Crippen molar-refractivity contribution in [2.24, 2.45) is 0 Å². The van der Waals surface area contributed by atoms with Gasteiger partial charge in [-0.25, -0.2) is 0 Å². The van der Waals surface area contributed by atoms with Crippen LogP contribution < -0.4 is 4.90 Å². The molecular formula is C19H26ClN5O2. The summed E-state index contributed by atoms with van der Waals surface area (Å²) in [6, 6.07) is 3.95. The van der Waals surface area contributed by atoms with Crippen LogP contribution in [0.4, 0.5) is 5.69 Å². The summed E-state index contributed by atoms with van der Waals surface area (Å²) in [6.07, 6.45) is 7.20. The first-order chi connectivity index (χ1) is 12.8. The fourth-order valence-corrected chi connectivity index (χ4v) is 3.03. The summed E-state index contributed by atoms with van der Waals surface area (Å²) in [7, 11) is 1.81. The van der Waals surface area contributed by atoms with Gasteiger partial charge in [0.15, 0.2) is 0 Å². The number of anilines is 1. The van der Waals surface area contributed by atoms with E-state index in [0.717, 1.165) is 18.5 Å². The van der Waals surface area contributed by atoms with Crippen LogP contribution in [0.3, 0.4) is 0 Å². The van der Waals surface area contributed by atoms with Gasteiger partial charge in [0.2, 0.25) is 11.8 Å². The van der Waals surface area contributed by atoms with Crippen LogP contribution in [-0.4, -0.2) is 57.9 Å². The number of carbonyl (C=O) groups excluding carboxylic acids is 2. The number of hydrogen-bond donors (Lipinski definition) is 1. The van der Waals surface area contributed by atoms with Gasteiger partial charge in [-0.1, -0.05) is 11.6 Å². The normalized spacial score (nSPS) is 13.9. The molecule has 27 heavy (non-hydrogen) atoms. The molecular weight excluding hydrogens is 366 g/mol. The molecule has 1 aromatic rings. The van der Waals surface area contributed by atoms with E-state index in [1.165, 1.54) is 11.8 Å². The van der Waals surface area contributed by atoms with Crippen LogP contribution in [0, 0.1) is 5.41 Å². The van der Waals surface area contributed by atoms with Crippen molar-refractivity contribution in [2.75, 3.05) is 25.0 Å². The Bertz CT molecular complexity index is 718. The Morgan fingerprint density at radius 2 is 2.11 bits per heavy atom. The third-order valence-corrected chi connectivity index (χ3v) is 4.65. The van der Waals surface area contributed by atoms with E-state index < -0.39 is 0 Å². The zero-order chi connectivity index (χ0) is 20.0. The lowest BCUT2D eigenvalue weighted by Crippen LogP contribution is -2.38.